The molecule has 18 heavy (non-hydrogen) atoms. The number of hydrogen-bond acceptors (Lipinski definition) is 4. The highest BCUT2D eigenvalue weighted by molar-refractivity contribution is 5.25. The molecule has 2 aromatic heterocycles. The van der Waals surface area contributed by atoms with E-state index in [2.05, 4.69) is 22.2 Å². The Labute approximate surface area is 107 Å². The molecule has 2 rings (SSSR count). The fourth-order valence-electron chi connectivity index (χ4n) is 1.76. The van der Waals surface area contributed by atoms with Crippen LogP contribution in [0.4, 0.5) is 0 Å². The van der Waals surface area contributed by atoms with Gasteiger partial charge in [0.1, 0.15) is 0 Å². The van der Waals surface area contributed by atoms with E-state index < -0.39 is 0 Å². The minimum Gasteiger partial charge on any atom is -0.481 e. The number of methoxy groups -OCH3 is 1. The van der Waals surface area contributed by atoms with E-state index in [9.17, 15) is 0 Å². The minimum absolute atomic E-state index is 0.666. The molecule has 5 heteroatoms. The van der Waals surface area contributed by atoms with Crippen LogP contribution < -0.4 is 10.1 Å². The molecule has 0 aromatic carbocycles. The van der Waals surface area contributed by atoms with Crippen molar-refractivity contribution in [3.8, 4) is 5.88 Å². The SMILES string of the molecule is CCNCc1cn(Cc2cccnc2OC)cn1. The van der Waals surface area contributed by atoms with Crippen LogP contribution in [0.3, 0.4) is 0 Å². The van der Waals surface area contributed by atoms with Gasteiger partial charge in [0.15, 0.2) is 0 Å². The number of ether oxygens (including phenoxy) is 1. The first-order valence-electron chi connectivity index (χ1n) is 6.02. The summed E-state index contributed by atoms with van der Waals surface area (Å²) in [6.45, 7) is 4.55. The van der Waals surface area contributed by atoms with Crippen molar-refractivity contribution in [2.45, 2.75) is 20.0 Å². The molecule has 2 heterocycles. The fraction of sp³-hybridized carbons (Fsp3) is 0.385. The normalized spacial score (nSPS) is 10.6. The summed E-state index contributed by atoms with van der Waals surface area (Å²) in [5.74, 6) is 0.666. The van der Waals surface area contributed by atoms with E-state index in [0.717, 1.165) is 30.9 Å². The van der Waals surface area contributed by atoms with E-state index in [1.807, 2.05) is 29.2 Å². The molecule has 0 unspecified atom stereocenters. The first-order chi connectivity index (χ1) is 8.83. The van der Waals surface area contributed by atoms with Gasteiger partial charge < -0.3 is 14.6 Å². The van der Waals surface area contributed by atoms with Gasteiger partial charge in [-0.25, -0.2) is 9.97 Å². The smallest absolute Gasteiger partial charge is 0.218 e. The predicted octanol–water partition coefficient (Wildman–Crippen LogP) is 1.44. The predicted molar refractivity (Wildman–Crippen MR) is 69.5 cm³/mol. The van der Waals surface area contributed by atoms with E-state index in [-0.39, 0.29) is 0 Å². The fourth-order valence-corrected chi connectivity index (χ4v) is 1.76. The highest BCUT2D eigenvalue weighted by atomic mass is 16.5. The third-order valence-electron chi connectivity index (χ3n) is 2.64. The lowest BCUT2D eigenvalue weighted by Gasteiger charge is -2.06. The summed E-state index contributed by atoms with van der Waals surface area (Å²) in [7, 11) is 1.64. The summed E-state index contributed by atoms with van der Waals surface area (Å²) in [6, 6.07) is 3.92. The Morgan fingerprint density at radius 3 is 3.06 bits per heavy atom. The first-order valence-corrected chi connectivity index (χ1v) is 6.02. The molecule has 0 amide bonds. The van der Waals surface area contributed by atoms with Crippen molar-refractivity contribution in [2.24, 2.45) is 0 Å². The lowest BCUT2D eigenvalue weighted by molar-refractivity contribution is 0.391. The van der Waals surface area contributed by atoms with Crippen molar-refractivity contribution < 1.29 is 4.74 Å². The van der Waals surface area contributed by atoms with Crippen molar-refractivity contribution in [3.05, 3.63) is 42.1 Å². The van der Waals surface area contributed by atoms with Gasteiger partial charge in [0.25, 0.3) is 0 Å². The molecular formula is C13H18N4O. The molecule has 0 spiro atoms. The van der Waals surface area contributed by atoms with E-state index in [1.54, 1.807) is 13.3 Å². The van der Waals surface area contributed by atoms with Crippen molar-refractivity contribution in [2.75, 3.05) is 13.7 Å². The first kappa shape index (κ1) is 12.6. The number of nitrogens with zero attached hydrogens (tertiary/aromatic N) is 3. The van der Waals surface area contributed by atoms with Crippen molar-refractivity contribution in [3.63, 3.8) is 0 Å². The molecule has 0 radical (unpaired) electrons. The zero-order valence-corrected chi connectivity index (χ0v) is 10.8. The largest absolute Gasteiger partial charge is 0.481 e. The van der Waals surface area contributed by atoms with Crippen LogP contribution in [-0.4, -0.2) is 28.2 Å². The van der Waals surface area contributed by atoms with E-state index in [0.29, 0.717) is 5.88 Å². The topological polar surface area (TPSA) is 52.0 Å². The van der Waals surface area contributed by atoms with E-state index in [4.69, 9.17) is 4.74 Å². The van der Waals surface area contributed by atoms with E-state index in [1.165, 1.54) is 0 Å². The van der Waals surface area contributed by atoms with Gasteiger partial charge in [0.05, 0.1) is 25.7 Å². The van der Waals surface area contributed by atoms with Crippen LogP contribution in [0.5, 0.6) is 5.88 Å². The second-order valence-electron chi connectivity index (χ2n) is 3.99. The maximum absolute atomic E-state index is 5.23. The second-order valence-corrected chi connectivity index (χ2v) is 3.99. The van der Waals surface area contributed by atoms with Gasteiger partial charge in [-0.3, -0.25) is 0 Å². The molecule has 0 aliphatic rings. The Hall–Kier alpha value is -1.88. The highest BCUT2D eigenvalue weighted by Gasteiger charge is 2.05. The van der Waals surface area contributed by atoms with Crippen molar-refractivity contribution in [1.82, 2.24) is 19.9 Å². The Kier molecular flexibility index (Phi) is 4.30. The summed E-state index contributed by atoms with van der Waals surface area (Å²) in [5, 5.41) is 3.25. The number of hydrogen-bond donors (Lipinski definition) is 1. The molecule has 0 aliphatic carbocycles. The number of imidazole rings is 1. The molecule has 0 atom stereocenters. The standard InChI is InChI=1S/C13H18N4O/c1-3-14-7-12-9-17(10-16-12)8-11-5-4-6-15-13(11)18-2/h4-6,9-10,14H,3,7-8H2,1-2H3. The van der Waals surface area contributed by atoms with Crippen LogP contribution in [-0.2, 0) is 13.1 Å². The van der Waals surface area contributed by atoms with Gasteiger partial charge in [0, 0.05) is 24.5 Å². The summed E-state index contributed by atoms with van der Waals surface area (Å²) < 4.78 is 7.27. The Morgan fingerprint density at radius 1 is 1.39 bits per heavy atom. The third-order valence-corrected chi connectivity index (χ3v) is 2.64. The van der Waals surface area contributed by atoms with Gasteiger partial charge in [0.2, 0.25) is 5.88 Å². The molecule has 0 fully saturated rings. The summed E-state index contributed by atoms with van der Waals surface area (Å²) in [4.78, 5) is 8.53. The zero-order chi connectivity index (χ0) is 12.8. The molecule has 96 valence electrons. The Balaban J connectivity index is 2.06. The number of pyridine rings is 1. The number of aromatic nitrogens is 3. The number of nitrogens with one attached hydrogen (secondary N) is 1. The molecule has 0 saturated heterocycles. The Bertz CT molecular complexity index is 495. The molecule has 5 nitrogen and oxygen atoms in total. The maximum atomic E-state index is 5.23. The van der Waals surface area contributed by atoms with Crippen LogP contribution >= 0.6 is 0 Å². The van der Waals surface area contributed by atoms with Gasteiger partial charge >= 0.3 is 0 Å². The van der Waals surface area contributed by atoms with Crippen molar-refractivity contribution in [1.29, 1.82) is 0 Å². The van der Waals surface area contributed by atoms with Gasteiger partial charge in [-0.2, -0.15) is 0 Å². The van der Waals surface area contributed by atoms with Crippen molar-refractivity contribution >= 4 is 0 Å². The molecule has 0 saturated carbocycles. The van der Waals surface area contributed by atoms with E-state index >= 15 is 0 Å². The van der Waals surface area contributed by atoms with Crippen LogP contribution in [0.2, 0.25) is 0 Å². The van der Waals surface area contributed by atoms with Crippen LogP contribution in [0.1, 0.15) is 18.2 Å². The average Bonchev–Trinajstić information content (AvgIpc) is 2.84. The monoisotopic (exact) mass is 246 g/mol. The average molecular weight is 246 g/mol. The second kappa shape index (κ2) is 6.16. The quantitative estimate of drug-likeness (QED) is 0.838. The Morgan fingerprint density at radius 2 is 2.28 bits per heavy atom. The summed E-state index contributed by atoms with van der Waals surface area (Å²) in [6.07, 6.45) is 5.60. The lowest BCUT2D eigenvalue weighted by Crippen LogP contribution is -2.11. The summed E-state index contributed by atoms with van der Waals surface area (Å²) >= 11 is 0. The van der Waals surface area contributed by atoms with Gasteiger partial charge in [-0.15, -0.1) is 0 Å². The third kappa shape index (κ3) is 3.07. The molecular weight excluding hydrogens is 228 g/mol. The lowest BCUT2D eigenvalue weighted by atomic mass is 10.2. The zero-order valence-electron chi connectivity index (χ0n) is 10.8. The molecule has 2 aromatic rings. The van der Waals surface area contributed by atoms with Gasteiger partial charge in [-0.1, -0.05) is 13.0 Å². The number of rotatable bonds is 6. The molecule has 1 N–H and O–H groups in total. The van der Waals surface area contributed by atoms with Crippen LogP contribution in [0.25, 0.3) is 0 Å². The molecule has 0 bridgehead atoms. The molecule has 0 aliphatic heterocycles. The summed E-state index contributed by atoms with van der Waals surface area (Å²) in [5.41, 5.74) is 2.09. The maximum Gasteiger partial charge on any atom is 0.218 e. The van der Waals surface area contributed by atoms with Crippen LogP contribution in [0.15, 0.2) is 30.9 Å². The minimum atomic E-state index is 0.666. The highest BCUT2D eigenvalue weighted by Crippen LogP contribution is 2.15. The van der Waals surface area contributed by atoms with Crippen LogP contribution in [0, 0.1) is 0 Å². The van der Waals surface area contributed by atoms with Gasteiger partial charge in [-0.05, 0) is 12.6 Å².